The molecule has 0 rings (SSSR count). The normalized spacial score (nSPS) is 13.5. The lowest BCUT2D eigenvalue weighted by Crippen LogP contribution is -2.46. The molecule has 0 spiro atoms. The van der Waals surface area contributed by atoms with Crippen LogP contribution in [0.15, 0.2) is 24.3 Å². The van der Waals surface area contributed by atoms with Gasteiger partial charge in [-0.05, 0) is 44.9 Å². The SMILES string of the molecule is CCCCCCCCC/C=C/C=C/CCCC(CC(=O)NC(CO)C(O)CCCCCCCCCCCCC)OC(=O)CCCCCCCCCCCC. The summed E-state index contributed by atoms with van der Waals surface area (Å²) in [7, 11) is 0. The summed E-state index contributed by atoms with van der Waals surface area (Å²) in [5.41, 5.74) is 0. The lowest BCUT2D eigenvalue weighted by molar-refractivity contribution is -0.151. The number of allylic oxidation sites excluding steroid dienone is 4. The predicted octanol–water partition coefficient (Wildman–Crippen LogP) is 13.6. The van der Waals surface area contributed by atoms with Crippen molar-refractivity contribution in [3.8, 4) is 0 Å². The summed E-state index contributed by atoms with van der Waals surface area (Å²) in [5, 5.41) is 23.6. The van der Waals surface area contributed by atoms with Crippen LogP contribution in [0.1, 0.15) is 245 Å². The molecule has 0 saturated carbocycles. The largest absolute Gasteiger partial charge is 0.462 e. The molecule has 0 heterocycles. The summed E-state index contributed by atoms with van der Waals surface area (Å²) in [4.78, 5) is 25.9. The smallest absolute Gasteiger partial charge is 0.306 e. The molecule has 0 fully saturated rings. The number of aliphatic hydroxyl groups excluding tert-OH is 2. The Morgan fingerprint density at radius 2 is 0.944 bits per heavy atom. The number of hydrogen-bond donors (Lipinski definition) is 3. The van der Waals surface area contributed by atoms with Crippen molar-refractivity contribution < 1.29 is 24.5 Å². The van der Waals surface area contributed by atoms with Gasteiger partial charge in [-0.3, -0.25) is 9.59 Å². The summed E-state index contributed by atoms with van der Waals surface area (Å²) in [6, 6.07) is -0.709. The van der Waals surface area contributed by atoms with E-state index in [1.165, 1.54) is 141 Å². The summed E-state index contributed by atoms with van der Waals surface area (Å²) >= 11 is 0. The van der Waals surface area contributed by atoms with Crippen molar-refractivity contribution >= 4 is 11.9 Å². The van der Waals surface area contributed by atoms with Crippen LogP contribution in [-0.2, 0) is 14.3 Å². The lowest BCUT2D eigenvalue weighted by atomic mass is 10.0. The molecule has 3 unspecified atom stereocenters. The maximum absolute atomic E-state index is 13.1. The molecule has 0 aliphatic heterocycles. The van der Waals surface area contributed by atoms with Gasteiger partial charge in [0, 0.05) is 6.42 Å². The van der Waals surface area contributed by atoms with Gasteiger partial charge in [-0.25, -0.2) is 0 Å². The maximum atomic E-state index is 13.1. The van der Waals surface area contributed by atoms with Gasteiger partial charge >= 0.3 is 5.97 Å². The highest BCUT2D eigenvalue weighted by molar-refractivity contribution is 5.77. The third kappa shape index (κ3) is 37.3. The van der Waals surface area contributed by atoms with Crippen molar-refractivity contribution in [2.75, 3.05) is 6.61 Å². The van der Waals surface area contributed by atoms with Crippen LogP contribution in [0.4, 0.5) is 0 Å². The second kappa shape index (κ2) is 42.5. The minimum Gasteiger partial charge on any atom is -0.462 e. The summed E-state index contributed by atoms with van der Waals surface area (Å²) in [6.45, 7) is 6.44. The number of unbranched alkanes of at least 4 members (excludes halogenated alkanes) is 27. The highest BCUT2D eigenvalue weighted by Gasteiger charge is 2.24. The van der Waals surface area contributed by atoms with E-state index in [0.717, 1.165) is 57.8 Å². The quantitative estimate of drug-likeness (QED) is 0.0327. The Morgan fingerprint density at radius 3 is 1.41 bits per heavy atom. The highest BCUT2D eigenvalue weighted by Crippen LogP contribution is 2.17. The van der Waals surface area contributed by atoms with E-state index >= 15 is 0 Å². The summed E-state index contributed by atoms with van der Waals surface area (Å²) in [5.74, 6) is -0.515. The van der Waals surface area contributed by atoms with Gasteiger partial charge in [-0.2, -0.15) is 0 Å². The molecule has 318 valence electrons. The molecule has 3 atom stereocenters. The standard InChI is InChI=1S/C48H91NO5/c1-4-7-10-13-16-19-22-23-24-26-27-30-33-36-39-44(54-48(53)41-38-35-32-29-21-18-15-12-9-6-3)42-47(52)49-45(43-50)46(51)40-37-34-31-28-25-20-17-14-11-8-5-2/h24,26-27,30,44-46,50-51H,4-23,25,28-29,31-43H2,1-3H3,(H,49,52)/b26-24+,30-27+. The van der Waals surface area contributed by atoms with E-state index in [4.69, 9.17) is 4.74 Å². The minimum absolute atomic E-state index is 0.0491. The van der Waals surface area contributed by atoms with Gasteiger partial charge in [0.1, 0.15) is 6.10 Å². The fourth-order valence-electron chi connectivity index (χ4n) is 7.19. The van der Waals surface area contributed by atoms with E-state index in [0.29, 0.717) is 19.3 Å². The van der Waals surface area contributed by atoms with Gasteiger partial charge < -0.3 is 20.3 Å². The number of rotatable bonds is 42. The van der Waals surface area contributed by atoms with Gasteiger partial charge in [0.05, 0.1) is 25.2 Å². The number of carbonyl (C=O) groups excluding carboxylic acids is 2. The molecule has 3 N–H and O–H groups in total. The first-order valence-corrected chi connectivity index (χ1v) is 23.6. The molecule has 0 aliphatic rings. The van der Waals surface area contributed by atoms with Gasteiger partial charge in [0.15, 0.2) is 0 Å². The van der Waals surface area contributed by atoms with Crippen LogP contribution in [0.25, 0.3) is 0 Å². The highest BCUT2D eigenvalue weighted by atomic mass is 16.5. The number of carbonyl (C=O) groups is 2. The van der Waals surface area contributed by atoms with Crippen LogP contribution in [0.2, 0.25) is 0 Å². The number of nitrogens with one attached hydrogen (secondary N) is 1. The maximum Gasteiger partial charge on any atom is 0.306 e. The van der Waals surface area contributed by atoms with E-state index in [-0.39, 0.29) is 24.9 Å². The Labute approximate surface area is 335 Å². The van der Waals surface area contributed by atoms with Crippen molar-refractivity contribution in [2.45, 2.75) is 264 Å². The van der Waals surface area contributed by atoms with Crippen LogP contribution < -0.4 is 5.32 Å². The number of amides is 1. The summed E-state index contributed by atoms with van der Waals surface area (Å²) in [6.07, 6.45) is 46.7. The first kappa shape index (κ1) is 52.3. The number of aliphatic hydroxyl groups is 2. The molecule has 0 aliphatic carbocycles. The average molecular weight is 762 g/mol. The topological polar surface area (TPSA) is 95.9 Å². The average Bonchev–Trinajstić information content (AvgIpc) is 3.16. The zero-order valence-corrected chi connectivity index (χ0v) is 36.1. The van der Waals surface area contributed by atoms with Crippen molar-refractivity contribution in [3.63, 3.8) is 0 Å². The Hall–Kier alpha value is -1.66. The first-order chi connectivity index (χ1) is 26.5. The second-order valence-corrected chi connectivity index (χ2v) is 16.2. The van der Waals surface area contributed by atoms with E-state index in [2.05, 4.69) is 50.4 Å². The zero-order valence-electron chi connectivity index (χ0n) is 36.1. The third-order valence-electron chi connectivity index (χ3n) is 10.8. The number of ether oxygens (including phenoxy) is 1. The van der Waals surface area contributed by atoms with Gasteiger partial charge in [0.25, 0.3) is 0 Å². The zero-order chi connectivity index (χ0) is 39.6. The van der Waals surface area contributed by atoms with Gasteiger partial charge in [-0.15, -0.1) is 0 Å². The third-order valence-corrected chi connectivity index (χ3v) is 10.8. The van der Waals surface area contributed by atoms with Gasteiger partial charge in [-0.1, -0.05) is 212 Å². The van der Waals surface area contributed by atoms with Crippen LogP contribution in [0, 0.1) is 0 Å². The van der Waals surface area contributed by atoms with Crippen molar-refractivity contribution in [1.82, 2.24) is 5.32 Å². The molecular formula is C48H91NO5. The lowest BCUT2D eigenvalue weighted by Gasteiger charge is -2.24. The van der Waals surface area contributed by atoms with Crippen LogP contribution >= 0.6 is 0 Å². The van der Waals surface area contributed by atoms with E-state index in [1.54, 1.807) is 0 Å². The van der Waals surface area contributed by atoms with Crippen molar-refractivity contribution in [3.05, 3.63) is 24.3 Å². The molecule has 0 aromatic heterocycles. The van der Waals surface area contributed by atoms with Crippen molar-refractivity contribution in [2.24, 2.45) is 0 Å². The molecular weight excluding hydrogens is 671 g/mol. The number of hydrogen-bond acceptors (Lipinski definition) is 5. The molecule has 54 heavy (non-hydrogen) atoms. The molecule has 0 radical (unpaired) electrons. The van der Waals surface area contributed by atoms with E-state index < -0.39 is 18.2 Å². The Morgan fingerprint density at radius 1 is 0.537 bits per heavy atom. The van der Waals surface area contributed by atoms with Crippen LogP contribution in [-0.4, -0.2) is 46.9 Å². The molecule has 0 aromatic rings. The van der Waals surface area contributed by atoms with E-state index in [9.17, 15) is 19.8 Å². The van der Waals surface area contributed by atoms with Crippen molar-refractivity contribution in [1.29, 1.82) is 0 Å². The molecule has 6 heteroatoms. The molecule has 1 amide bonds. The Kier molecular flexibility index (Phi) is 41.2. The minimum atomic E-state index is -0.793. The fraction of sp³-hybridized carbons (Fsp3) is 0.875. The first-order valence-electron chi connectivity index (χ1n) is 23.6. The molecule has 0 bridgehead atoms. The second-order valence-electron chi connectivity index (χ2n) is 16.2. The van der Waals surface area contributed by atoms with Crippen LogP contribution in [0.5, 0.6) is 0 Å². The fourth-order valence-corrected chi connectivity index (χ4v) is 7.19. The summed E-state index contributed by atoms with van der Waals surface area (Å²) < 4.78 is 5.87. The molecule has 6 nitrogen and oxygen atoms in total. The monoisotopic (exact) mass is 762 g/mol. The van der Waals surface area contributed by atoms with E-state index in [1.807, 2.05) is 0 Å². The number of esters is 1. The molecule has 0 aromatic carbocycles. The van der Waals surface area contributed by atoms with Gasteiger partial charge in [0.2, 0.25) is 5.91 Å². The Balaban J connectivity index is 4.65. The molecule has 0 saturated heterocycles. The van der Waals surface area contributed by atoms with Crippen LogP contribution in [0.3, 0.4) is 0 Å². The Bertz CT molecular complexity index is 858. The predicted molar refractivity (Wildman–Crippen MR) is 232 cm³/mol.